The van der Waals surface area contributed by atoms with Crippen molar-refractivity contribution in [1.29, 1.82) is 0 Å². The fraction of sp³-hybridized carbons (Fsp3) is 0.500. The number of amides is 2. The number of rotatable bonds is 10. The first-order valence-electron chi connectivity index (χ1n) is 9.82. The van der Waals surface area contributed by atoms with Gasteiger partial charge in [0.25, 0.3) is 0 Å². The highest BCUT2D eigenvalue weighted by atomic mass is 16.5. The van der Waals surface area contributed by atoms with Crippen molar-refractivity contribution in [2.75, 3.05) is 6.61 Å². The van der Waals surface area contributed by atoms with Crippen molar-refractivity contribution in [2.24, 2.45) is 11.7 Å². The molecule has 0 aliphatic heterocycles. The lowest BCUT2D eigenvalue weighted by molar-refractivity contribution is -0.147. The number of nitrogens with one attached hydrogen (secondary N) is 2. The predicted octanol–water partition coefficient (Wildman–Crippen LogP) is 1.71. The van der Waals surface area contributed by atoms with Crippen LogP contribution in [0, 0.1) is 5.92 Å². The normalized spacial score (nSPS) is 13.8. The third-order valence-corrected chi connectivity index (χ3v) is 4.26. The SMILES string of the molecule is CC(C)=CCOC(=O)[C@H](Cc1ccccc1)NC(=O)[C@@H](NC(=O)[C@H](C)N)C(C)C. The Morgan fingerprint density at radius 1 is 1.03 bits per heavy atom. The zero-order valence-corrected chi connectivity index (χ0v) is 17.9. The molecule has 0 aliphatic rings. The molecule has 7 heteroatoms. The van der Waals surface area contributed by atoms with Crippen LogP contribution in [-0.4, -0.2) is 42.5 Å². The molecule has 0 aromatic heterocycles. The highest BCUT2D eigenvalue weighted by Gasteiger charge is 2.30. The first-order valence-corrected chi connectivity index (χ1v) is 9.82. The van der Waals surface area contributed by atoms with Crippen molar-refractivity contribution >= 4 is 17.8 Å². The maximum atomic E-state index is 12.8. The summed E-state index contributed by atoms with van der Waals surface area (Å²) in [5.41, 5.74) is 7.51. The number of ether oxygens (including phenoxy) is 1. The molecule has 0 radical (unpaired) electrons. The van der Waals surface area contributed by atoms with E-state index in [9.17, 15) is 14.4 Å². The van der Waals surface area contributed by atoms with Crippen molar-refractivity contribution in [3.8, 4) is 0 Å². The molecule has 1 aromatic rings. The molecule has 1 aromatic carbocycles. The molecule has 0 saturated carbocycles. The van der Waals surface area contributed by atoms with Crippen molar-refractivity contribution in [3.63, 3.8) is 0 Å². The Kier molecular flexibility index (Phi) is 10.1. The molecular formula is C22H33N3O4. The van der Waals surface area contributed by atoms with E-state index < -0.39 is 35.9 Å². The van der Waals surface area contributed by atoms with E-state index in [1.54, 1.807) is 13.0 Å². The molecule has 0 saturated heterocycles. The van der Waals surface area contributed by atoms with Gasteiger partial charge in [0.15, 0.2) is 0 Å². The van der Waals surface area contributed by atoms with Gasteiger partial charge in [0.2, 0.25) is 11.8 Å². The highest BCUT2D eigenvalue weighted by Crippen LogP contribution is 2.08. The van der Waals surface area contributed by atoms with Crippen LogP contribution in [-0.2, 0) is 25.5 Å². The topological polar surface area (TPSA) is 111 Å². The number of carbonyl (C=O) groups excluding carboxylic acids is 3. The van der Waals surface area contributed by atoms with Crippen LogP contribution in [0.5, 0.6) is 0 Å². The van der Waals surface area contributed by atoms with Crippen LogP contribution >= 0.6 is 0 Å². The monoisotopic (exact) mass is 403 g/mol. The first-order chi connectivity index (χ1) is 13.6. The molecule has 0 bridgehead atoms. The molecule has 7 nitrogen and oxygen atoms in total. The van der Waals surface area contributed by atoms with Crippen LogP contribution in [0.1, 0.15) is 40.2 Å². The maximum absolute atomic E-state index is 12.8. The molecule has 0 heterocycles. The third kappa shape index (κ3) is 8.91. The van der Waals surface area contributed by atoms with E-state index in [1.165, 1.54) is 0 Å². The van der Waals surface area contributed by atoms with E-state index in [2.05, 4.69) is 10.6 Å². The number of nitrogens with two attached hydrogens (primary N) is 1. The van der Waals surface area contributed by atoms with Gasteiger partial charge in [-0.25, -0.2) is 4.79 Å². The predicted molar refractivity (Wildman–Crippen MR) is 113 cm³/mol. The summed E-state index contributed by atoms with van der Waals surface area (Å²) in [6.07, 6.45) is 2.07. The van der Waals surface area contributed by atoms with Gasteiger partial charge in [-0.15, -0.1) is 0 Å². The number of esters is 1. The molecular weight excluding hydrogens is 370 g/mol. The molecule has 160 valence electrons. The third-order valence-electron chi connectivity index (χ3n) is 4.26. The molecule has 0 spiro atoms. The van der Waals surface area contributed by atoms with Gasteiger partial charge in [0.1, 0.15) is 18.7 Å². The minimum absolute atomic E-state index is 0.136. The second kappa shape index (κ2) is 12.0. The summed E-state index contributed by atoms with van der Waals surface area (Å²) in [5, 5.41) is 5.38. The summed E-state index contributed by atoms with van der Waals surface area (Å²) >= 11 is 0. The van der Waals surface area contributed by atoms with Crippen molar-refractivity contribution in [1.82, 2.24) is 10.6 Å². The summed E-state index contributed by atoms with van der Waals surface area (Å²) in [4.78, 5) is 37.4. The van der Waals surface area contributed by atoms with Gasteiger partial charge in [-0.1, -0.05) is 49.8 Å². The van der Waals surface area contributed by atoms with Gasteiger partial charge in [0.05, 0.1) is 6.04 Å². The van der Waals surface area contributed by atoms with Crippen LogP contribution in [0.15, 0.2) is 42.0 Å². The standard InChI is InChI=1S/C22H33N3O4/c1-14(2)11-12-29-22(28)18(13-17-9-7-6-8-10-17)24-21(27)19(15(3)4)25-20(26)16(5)23/h6-11,15-16,18-19H,12-13,23H2,1-5H3,(H,24,27)(H,25,26)/t16-,18-,19-/m0/s1. The van der Waals surface area contributed by atoms with Gasteiger partial charge in [-0.2, -0.15) is 0 Å². The van der Waals surface area contributed by atoms with Gasteiger partial charge < -0.3 is 21.1 Å². The van der Waals surface area contributed by atoms with Gasteiger partial charge in [0, 0.05) is 6.42 Å². The van der Waals surface area contributed by atoms with E-state index in [4.69, 9.17) is 10.5 Å². The summed E-state index contributed by atoms with van der Waals surface area (Å²) in [5.74, 6) is -1.59. The van der Waals surface area contributed by atoms with E-state index in [0.717, 1.165) is 11.1 Å². The fourth-order valence-corrected chi connectivity index (χ4v) is 2.52. The molecule has 0 unspecified atom stereocenters. The lowest BCUT2D eigenvalue weighted by Gasteiger charge is -2.25. The van der Waals surface area contributed by atoms with Crippen LogP contribution in [0.2, 0.25) is 0 Å². The molecule has 0 aliphatic carbocycles. The summed E-state index contributed by atoms with van der Waals surface area (Å²) < 4.78 is 5.31. The maximum Gasteiger partial charge on any atom is 0.329 e. The molecule has 1 rings (SSSR count). The summed E-state index contributed by atoms with van der Waals surface area (Å²) in [6.45, 7) is 9.12. The number of hydrogen-bond acceptors (Lipinski definition) is 5. The largest absolute Gasteiger partial charge is 0.460 e. The Morgan fingerprint density at radius 2 is 1.66 bits per heavy atom. The molecule has 29 heavy (non-hydrogen) atoms. The van der Waals surface area contributed by atoms with Crippen molar-refractivity contribution < 1.29 is 19.1 Å². The van der Waals surface area contributed by atoms with Crippen molar-refractivity contribution in [2.45, 2.75) is 59.2 Å². The molecule has 2 amide bonds. The number of hydrogen-bond donors (Lipinski definition) is 3. The van der Waals surface area contributed by atoms with E-state index >= 15 is 0 Å². The zero-order chi connectivity index (χ0) is 22.0. The minimum Gasteiger partial charge on any atom is -0.460 e. The molecule has 3 atom stereocenters. The average molecular weight is 404 g/mol. The Bertz CT molecular complexity index is 710. The highest BCUT2D eigenvalue weighted by molar-refractivity contribution is 5.92. The average Bonchev–Trinajstić information content (AvgIpc) is 2.65. The summed E-state index contributed by atoms with van der Waals surface area (Å²) in [6, 6.07) is 6.94. The Balaban J connectivity index is 2.95. The quantitative estimate of drug-likeness (QED) is 0.407. The Hall–Kier alpha value is -2.67. The van der Waals surface area contributed by atoms with Gasteiger partial charge in [-0.3, -0.25) is 9.59 Å². The first kappa shape index (κ1) is 24.4. The van der Waals surface area contributed by atoms with E-state index in [-0.39, 0.29) is 18.9 Å². The van der Waals surface area contributed by atoms with Crippen LogP contribution < -0.4 is 16.4 Å². The van der Waals surface area contributed by atoms with Crippen molar-refractivity contribution in [3.05, 3.63) is 47.5 Å². The lowest BCUT2D eigenvalue weighted by Crippen LogP contribution is -2.56. The summed E-state index contributed by atoms with van der Waals surface area (Å²) in [7, 11) is 0. The van der Waals surface area contributed by atoms with E-state index in [0.29, 0.717) is 0 Å². The smallest absolute Gasteiger partial charge is 0.329 e. The Labute approximate surface area is 173 Å². The zero-order valence-electron chi connectivity index (χ0n) is 17.9. The molecule has 0 fully saturated rings. The number of benzene rings is 1. The van der Waals surface area contributed by atoms with Crippen LogP contribution in [0.25, 0.3) is 0 Å². The van der Waals surface area contributed by atoms with Gasteiger partial charge >= 0.3 is 5.97 Å². The fourth-order valence-electron chi connectivity index (χ4n) is 2.52. The van der Waals surface area contributed by atoms with Crippen LogP contribution in [0.3, 0.4) is 0 Å². The van der Waals surface area contributed by atoms with Gasteiger partial charge in [-0.05, 0) is 38.3 Å². The number of carbonyl (C=O) groups is 3. The molecule has 4 N–H and O–H groups in total. The van der Waals surface area contributed by atoms with E-state index in [1.807, 2.05) is 58.0 Å². The second-order valence-electron chi connectivity index (χ2n) is 7.68. The minimum atomic E-state index is -0.871. The second-order valence-corrected chi connectivity index (χ2v) is 7.68. The lowest BCUT2D eigenvalue weighted by atomic mass is 10.0. The van der Waals surface area contributed by atoms with Crippen LogP contribution in [0.4, 0.5) is 0 Å². The Morgan fingerprint density at radius 3 is 2.17 bits per heavy atom. The number of allylic oxidation sites excluding steroid dienone is 1.